The van der Waals surface area contributed by atoms with Gasteiger partial charge in [0.15, 0.2) is 6.61 Å². The van der Waals surface area contributed by atoms with E-state index in [2.05, 4.69) is 49.6 Å². The minimum absolute atomic E-state index is 0.0156. The third kappa shape index (κ3) is 21.6. The maximum absolute atomic E-state index is 13.4. The molecule has 2 rings (SSSR count). The molecule has 0 spiro atoms. The molecule has 2 atom stereocenters. The number of hydrogen-bond donors (Lipinski definition) is 8. The van der Waals surface area contributed by atoms with Crippen LogP contribution in [-0.2, 0) is 40.0 Å². The van der Waals surface area contributed by atoms with Gasteiger partial charge >= 0.3 is 12.1 Å². The number of alkyl carbamates (subject to hydrolysis) is 1. The van der Waals surface area contributed by atoms with Crippen LogP contribution < -0.4 is 43.3 Å². The highest BCUT2D eigenvalue weighted by Gasteiger charge is 2.29. The molecular formula is C36H60N10O9S2. The number of primary amides is 1. The van der Waals surface area contributed by atoms with E-state index < -0.39 is 41.9 Å². The van der Waals surface area contributed by atoms with Crippen molar-refractivity contribution in [3.8, 4) is 0 Å². The lowest BCUT2D eigenvalue weighted by Gasteiger charge is -2.25. The zero-order valence-corrected chi connectivity index (χ0v) is 35.1. The van der Waals surface area contributed by atoms with Crippen molar-refractivity contribution in [1.82, 2.24) is 37.2 Å². The maximum Gasteiger partial charge on any atom is 0.407 e. The summed E-state index contributed by atoms with van der Waals surface area (Å²) >= 11 is 3.18. The summed E-state index contributed by atoms with van der Waals surface area (Å²) in [6, 6.07) is 3.96. The second-order valence-electron chi connectivity index (χ2n) is 13.0. The molecule has 57 heavy (non-hydrogen) atoms. The Balaban J connectivity index is 1.88. The highest BCUT2D eigenvalue weighted by molar-refractivity contribution is 8.00. The SMILES string of the molecule is CCCOCCOCCN1C=C(CNC(=O)OCc2ccc(NC(=O)[C@H](CCCNC(N)=O)NC(=O)[C@@H](NC(=O)CON=C(CSC)CSC)C(C)C)cc2)NN1. The second kappa shape index (κ2) is 28.9. The minimum Gasteiger partial charge on any atom is -0.445 e. The molecule has 1 aromatic carbocycles. The number of ether oxygens (including phenoxy) is 3. The van der Waals surface area contributed by atoms with Gasteiger partial charge in [-0.25, -0.2) is 9.59 Å². The zero-order valence-electron chi connectivity index (χ0n) is 33.5. The predicted molar refractivity (Wildman–Crippen MR) is 222 cm³/mol. The predicted octanol–water partition coefficient (Wildman–Crippen LogP) is 1.63. The van der Waals surface area contributed by atoms with Gasteiger partial charge in [-0.05, 0) is 55.4 Å². The van der Waals surface area contributed by atoms with E-state index in [9.17, 15) is 24.0 Å². The quantitative estimate of drug-likeness (QED) is 0.0325. The summed E-state index contributed by atoms with van der Waals surface area (Å²) in [7, 11) is 0. The van der Waals surface area contributed by atoms with Crippen LogP contribution in [0.15, 0.2) is 41.3 Å². The standard InChI is InChI=1S/C36H60N10O9S2/c1-6-15-52-17-18-53-16-14-46-20-28(43-45-46)19-39-36(51)54-21-26-9-11-27(12-10-26)40-33(48)30(8-7-13-38-35(37)50)41-34(49)32(25(2)3)42-31(47)22-55-44-29(23-56-4)24-57-5/h9-12,20,25,30,32,43,45H,6-8,13-19,21-24H2,1-5H3,(H,39,51)(H,40,48)(H,41,49)(H,42,47)(H3,37,38,50)/t30-,32-/m0/s1. The van der Waals surface area contributed by atoms with Gasteiger partial charge in [0.2, 0.25) is 11.8 Å². The molecule has 0 aliphatic carbocycles. The largest absolute Gasteiger partial charge is 0.445 e. The minimum atomic E-state index is -1.02. The van der Waals surface area contributed by atoms with Crippen LogP contribution in [0.5, 0.6) is 0 Å². The van der Waals surface area contributed by atoms with Crippen LogP contribution in [0.4, 0.5) is 15.3 Å². The highest BCUT2D eigenvalue weighted by Crippen LogP contribution is 2.13. The molecule has 0 radical (unpaired) electrons. The number of amides is 6. The van der Waals surface area contributed by atoms with Crippen LogP contribution in [0.2, 0.25) is 0 Å². The van der Waals surface area contributed by atoms with Crippen LogP contribution >= 0.6 is 23.5 Å². The molecule has 1 heterocycles. The highest BCUT2D eigenvalue weighted by atomic mass is 32.2. The van der Waals surface area contributed by atoms with E-state index >= 15 is 0 Å². The summed E-state index contributed by atoms with van der Waals surface area (Å²) in [5.41, 5.74) is 13.8. The molecule has 0 fully saturated rings. The Kier molecular flexibility index (Phi) is 24.7. The van der Waals surface area contributed by atoms with E-state index in [0.717, 1.165) is 24.4 Å². The van der Waals surface area contributed by atoms with Gasteiger partial charge in [-0.3, -0.25) is 19.4 Å². The van der Waals surface area contributed by atoms with Gasteiger partial charge < -0.3 is 56.8 Å². The first-order chi connectivity index (χ1) is 27.4. The third-order valence-electron chi connectivity index (χ3n) is 7.76. The van der Waals surface area contributed by atoms with Crippen LogP contribution in [0.3, 0.4) is 0 Å². The summed E-state index contributed by atoms with van der Waals surface area (Å²) < 4.78 is 16.3. The number of anilines is 1. The zero-order chi connectivity index (χ0) is 41.8. The van der Waals surface area contributed by atoms with Gasteiger partial charge in [0, 0.05) is 36.5 Å². The summed E-state index contributed by atoms with van der Waals surface area (Å²) in [5.74, 6) is -0.614. The molecule has 1 aliphatic heterocycles. The van der Waals surface area contributed by atoms with Crippen LogP contribution in [0.1, 0.15) is 45.6 Å². The fourth-order valence-corrected chi connectivity index (χ4v) is 6.03. The van der Waals surface area contributed by atoms with E-state index in [1.807, 2.05) is 18.7 Å². The Morgan fingerprint density at radius 2 is 1.63 bits per heavy atom. The summed E-state index contributed by atoms with van der Waals surface area (Å²) in [6.07, 6.45) is 6.55. The summed E-state index contributed by atoms with van der Waals surface area (Å²) in [4.78, 5) is 68.3. The smallest absolute Gasteiger partial charge is 0.407 e. The van der Waals surface area contributed by atoms with Gasteiger partial charge in [-0.2, -0.15) is 23.5 Å². The Bertz CT molecular complexity index is 1450. The number of nitrogens with two attached hydrogens (primary N) is 1. The van der Waals surface area contributed by atoms with Crippen molar-refractivity contribution >= 4 is 64.8 Å². The van der Waals surface area contributed by atoms with Crippen molar-refractivity contribution in [2.24, 2.45) is 16.8 Å². The number of benzene rings is 1. The van der Waals surface area contributed by atoms with Crippen molar-refractivity contribution < 1.29 is 43.0 Å². The number of urea groups is 1. The van der Waals surface area contributed by atoms with E-state index in [4.69, 9.17) is 24.8 Å². The van der Waals surface area contributed by atoms with Crippen molar-refractivity contribution in [2.75, 3.05) is 82.0 Å². The first-order valence-corrected chi connectivity index (χ1v) is 21.5. The first kappa shape index (κ1) is 48.7. The van der Waals surface area contributed by atoms with Crippen molar-refractivity contribution in [3.05, 3.63) is 41.7 Å². The Morgan fingerprint density at radius 3 is 2.28 bits per heavy atom. The number of nitrogens with zero attached hydrogens (tertiary/aromatic N) is 2. The molecule has 0 saturated carbocycles. The topological polar surface area (TPSA) is 248 Å². The Morgan fingerprint density at radius 1 is 0.930 bits per heavy atom. The lowest BCUT2D eigenvalue weighted by molar-refractivity contribution is -0.133. The van der Waals surface area contributed by atoms with Gasteiger partial charge in [0.25, 0.3) is 5.91 Å². The number of carbonyl (C=O) groups is 5. The number of oxime groups is 1. The molecule has 0 saturated heterocycles. The lowest BCUT2D eigenvalue weighted by atomic mass is 10.0. The van der Waals surface area contributed by atoms with Crippen molar-refractivity contribution in [2.45, 2.75) is 58.7 Å². The van der Waals surface area contributed by atoms with Crippen LogP contribution in [0, 0.1) is 5.92 Å². The molecule has 21 heteroatoms. The average molecular weight is 841 g/mol. The number of hydrazine groups is 2. The number of rotatable bonds is 29. The maximum atomic E-state index is 13.4. The fourth-order valence-electron chi connectivity index (χ4n) is 4.92. The number of thioether (sulfide) groups is 2. The Hall–Kier alpha value is -4.44. The molecule has 19 nitrogen and oxygen atoms in total. The third-order valence-corrected chi connectivity index (χ3v) is 9.01. The molecule has 0 unspecified atom stereocenters. The summed E-state index contributed by atoms with van der Waals surface area (Å²) in [5, 5.41) is 19.2. The van der Waals surface area contributed by atoms with Crippen LogP contribution in [0.25, 0.3) is 0 Å². The number of nitrogens with one attached hydrogen (secondary N) is 7. The Labute approximate surface area is 343 Å². The van der Waals surface area contributed by atoms with Gasteiger partial charge in [-0.15, -0.1) is 5.53 Å². The molecular weight excluding hydrogens is 781 g/mol. The van der Waals surface area contributed by atoms with E-state index in [0.29, 0.717) is 55.5 Å². The summed E-state index contributed by atoms with van der Waals surface area (Å²) in [6.45, 7) is 8.49. The normalized spacial score (nSPS) is 13.1. The van der Waals surface area contributed by atoms with E-state index in [-0.39, 0.29) is 38.6 Å². The van der Waals surface area contributed by atoms with Crippen molar-refractivity contribution in [3.63, 3.8) is 0 Å². The molecule has 9 N–H and O–H groups in total. The van der Waals surface area contributed by atoms with Gasteiger partial charge in [0.05, 0.1) is 44.3 Å². The van der Waals surface area contributed by atoms with Gasteiger partial charge in [-0.1, -0.05) is 38.1 Å². The van der Waals surface area contributed by atoms with Crippen molar-refractivity contribution in [1.29, 1.82) is 0 Å². The van der Waals surface area contributed by atoms with Crippen LogP contribution in [-0.4, -0.2) is 129 Å². The van der Waals surface area contributed by atoms with E-state index in [1.54, 1.807) is 66.6 Å². The van der Waals surface area contributed by atoms with E-state index in [1.165, 1.54) is 0 Å². The molecule has 6 amide bonds. The number of carbonyl (C=O) groups excluding carboxylic acids is 5. The van der Waals surface area contributed by atoms with Gasteiger partial charge in [0.1, 0.15) is 18.7 Å². The monoisotopic (exact) mass is 840 g/mol. The second-order valence-corrected chi connectivity index (χ2v) is 14.7. The fraction of sp³-hybridized carbons (Fsp3) is 0.611. The lowest BCUT2D eigenvalue weighted by Crippen LogP contribution is -2.55. The molecule has 1 aliphatic rings. The molecule has 1 aromatic rings. The number of hydrogen-bond acceptors (Lipinski definition) is 15. The molecule has 320 valence electrons. The average Bonchev–Trinajstić information content (AvgIpc) is 3.64. The molecule has 0 bridgehead atoms. The molecule has 0 aromatic heterocycles. The first-order valence-electron chi connectivity index (χ1n) is 18.7.